The van der Waals surface area contributed by atoms with E-state index in [1.807, 2.05) is 47.9 Å². The molecule has 6 aliphatic rings. The summed E-state index contributed by atoms with van der Waals surface area (Å²) in [6.07, 6.45) is -2.12. The van der Waals surface area contributed by atoms with Gasteiger partial charge < -0.3 is 55.2 Å². The Bertz CT molecular complexity index is 4470. The van der Waals surface area contributed by atoms with E-state index in [-0.39, 0.29) is 109 Å². The maximum Gasteiger partial charge on any atom is 0.471 e. The van der Waals surface area contributed by atoms with Gasteiger partial charge in [-0.25, -0.2) is 54.5 Å². The highest BCUT2D eigenvalue weighted by molar-refractivity contribution is 6.53. The molecule has 0 aliphatic carbocycles. The van der Waals surface area contributed by atoms with Gasteiger partial charge in [0.1, 0.15) is 52.4 Å². The zero-order valence-electron chi connectivity index (χ0n) is 67.5. The molecular weight excluding hydrogens is 1620 g/mol. The molecule has 0 aromatic carbocycles. The molecule has 121 heavy (non-hydrogen) atoms. The van der Waals surface area contributed by atoms with E-state index in [0.29, 0.717) is 137 Å². The van der Waals surface area contributed by atoms with Crippen LogP contribution in [0.3, 0.4) is 0 Å². The summed E-state index contributed by atoms with van der Waals surface area (Å²) in [4.78, 5) is 100. The summed E-state index contributed by atoms with van der Waals surface area (Å²) in [7, 11) is -1.50. The van der Waals surface area contributed by atoms with E-state index in [2.05, 4.69) is 50.7 Å². The molecule has 0 unspecified atom stereocenters. The average molecular weight is 1720 g/mol. The second-order valence-electron chi connectivity index (χ2n) is 31.2. The normalized spacial score (nSPS) is 18.2. The third-order valence-electron chi connectivity index (χ3n) is 22.6. The topological polar surface area (TPSA) is 268 Å². The van der Waals surface area contributed by atoms with Crippen molar-refractivity contribution in [1.29, 1.82) is 0 Å². The standard InChI is InChI=1S/C28H35BF6N6O3.C26H31BF6N6O3.C25H33F3N6O/c1-3-41(29(2)44)24-14-19(4-9-36-24)17-38-12-7-27(32,8-13-38)25(42)39-10-5-21(6-11-39)40(26(43)28(33,34)35)18-23-22(31)15-20(30)16-37-23;1-27(42)36-22-12-17(2-7-34-22)15-37-10-5-25(30,6-11-37)23(40)38-8-3-19(4-9-38)39(24(41)26(31,32)33)16-21-20(29)13-18(28)14-35-21;1-2-29-23-13-18(3-8-30-23)17-33-11-6-25(28,7-12-33)24(35)34-9-4-20(5-10-34)31-16-22-21(27)14-19(26)15-32-22/h4,9,14-16,21,44H,3,5-8,10-13,17-18H2,1-2H3;2,7,12-14,19,42H,3-6,8-11,15-16H2,1H3,(H,34,36);3,8,13-15,20,31H,2,4-7,9-12,16-17H2,1H3,(H,29,30). The molecule has 0 saturated carbocycles. The van der Waals surface area contributed by atoms with Gasteiger partial charge in [-0.3, -0.25) is 53.6 Å². The fourth-order valence-electron chi connectivity index (χ4n) is 15.9. The van der Waals surface area contributed by atoms with Crippen LogP contribution in [0, 0.1) is 34.9 Å². The van der Waals surface area contributed by atoms with E-state index < -0.39 is 144 Å². The summed E-state index contributed by atoms with van der Waals surface area (Å²) in [6, 6.07) is 11.0. The van der Waals surface area contributed by atoms with Gasteiger partial charge in [0, 0.05) is 211 Å². The highest BCUT2D eigenvalue weighted by atomic mass is 19.4. The molecule has 6 aromatic heterocycles. The number of alkyl halides is 9. The van der Waals surface area contributed by atoms with E-state index >= 15 is 13.2 Å². The van der Waals surface area contributed by atoms with Gasteiger partial charge in [0.15, 0.2) is 17.0 Å². The number of carbonyl (C=O) groups is 5. The first-order valence-electron chi connectivity index (χ1n) is 40.3. The molecule has 12 rings (SSSR count). The van der Waals surface area contributed by atoms with Crippen LogP contribution < -0.4 is 20.7 Å². The van der Waals surface area contributed by atoms with Crippen LogP contribution in [0.25, 0.3) is 0 Å². The van der Waals surface area contributed by atoms with Crippen LogP contribution >= 0.6 is 0 Å². The first-order valence-corrected chi connectivity index (χ1v) is 40.3. The Morgan fingerprint density at radius 2 is 0.826 bits per heavy atom. The molecule has 6 aromatic rings. The number of carbonyl (C=O) groups excluding carboxylic acids is 5. The van der Waals surface area contributed by atoms with E-state index in [0.717, 1.165) is 41.3 Å². The Kier molecular flexibility index (Phi) is 32.2. The highest BCUT2D eigenvalue weighted by Gasteiger charge is 2.51. The van der Waals surface area contributed by atoms with Gasteiger partial charge in [0.2, 0.25) is 0 Å². The van der Waals surface area contributed by atoms with Crippen molar-refractivity contribution in [1.82, 2.24) is 74.4 Å². The van der Waals surface area contributed by atoms with Gasteiger partial charge in [-0.2, -0.15) is 26.3 Å². The zero-order chi connectivity index (χ0) is 87.7. The minimum atomic E-state index is -5.25. The first-order chi connectivity index (χ1) is 57.3. The lowest BCUT2D eigenvalue weighted by atomic mass is 9.85. The van der Waals surface area contributed by atoms with Crippen LogP contribution in [0.15, 0.2) is 91.8 Å². The Morgan fingerprint density at radius 3 is 1.17 bits per heavy atom. The smallest absolute Gasteiger partial charge is 0.433 e. The van der Waals surface area contributed by atoms with Crippen molar-refractivity contribution in [2.45, 2.75) is 191 Å². The third kappa shape index (κ3) is 25.6. The molecule has 42 heteroatoms. The molecule has 6 fully saturated rings. The number of nitrogens with one attached hydrogen (secondary N) is 3. The summed E-state index contributed by atoms with van der Waals surface area (Å²) in [5.41, 5.74) is -4.07. The van der Waals surface area contributed by atoms with Crippen LogP contribution in [0.5, 0.6) is 0 Å². The van der Waals surface area contributed by atoms with Crippen LogP contribution in [0.1, 0.15) is 125 Å². The van der Waals surface area contributed by atoms with Crippen LogP contribution in [-0.2, 0) is 63.2 Å². The number of anilines is 3. The van der Waals surface area contributed by atoms with Crippen LogP contribution in [0.2, 0.25) is 13.6 Å². The molecule has 5 N–H and O–H groups in total. The fraction of sp³-hybridized carbons (Fsp3) is 0.557. The molecule has 25 nitrogen and oxygen atoms in total. The van der Waals surface area contributed by atoms with Gasteiger partial charge in [0.25, 0.3) is 17.7 Å². The molecule has 6 aliphatic heterocycles. The average Bonchev–Trinajstić information content (AvgIpc) is 0.783. The summed E-state index contributed by atoms with van der Waals surface area (Å²) >= 11 is 0. The number of piperidine rings is 6. The van der Waals surface area contributed by atoms with Crippen molar-refractivity contribution in [3.05, 3.63) is 160 Å². The second kappa shape index (κ2) is 41.6. The Morgan fingerprint density at radius 1 is 0.479 bits per heavy atom. The minimum absolute atomic E-state index is 0.0628. The van der Waals surface area contributed by atoms with Crippen molar-refractivity contribution in [3.8, 4) is 0 Å². The molecule has 0 bridgehead atoms. The number of nitrogens with zero attached hydrogens (tertiary/aromatic N) is 15. The van der Waals surface area contributed by atoms with Gasteiger partial charge in [-0.15, -0.1) is 0 Å². The molecule has 658 valence electrons. The highest BCUT2D eigenvalue weighted by Crippen LogP contribution is 2.37. The SMILES string of the molecule is CB(O)Nc1cc(CN2CCC(F)(C(=O)N3CCC(N(Cc4ncc(F)cc4F)C(=O)C(F)(F)F)CC3)CC2)ccn1.CCN(B(C)O)c1cc(CN2CCC(F)(C(=O)N3CCC(N(Cc4ncc(F)cc4F)C(=O)C(F)(F)F)CC3)CC2)ccn1.CCNc1cc(CN2CCC(F)(C(=O)N3CCC(NCc4ncc(F)cc4F)CC3)CC2)ccn1. The van der Waals surface area contributed by atoms with Gasteiger partial charge >= 0.3 is 38.3 Å². The Hall–Kier alpha value is -9.51. The monoisotopic (exact) mass is 1720 g/mol. The van der Waals surface area contributed by atoms with Crippen molar-refractivity contribution in [2.75, 3.05) is 107 Å². The van der Waals surface area contributed by atoms with Crippen molar-refractivity contribution >= 4 is 61.1 Å². The maximum atomic E-state index is 15.9. The van der Waals surface area contributed by atoms with Crippen LogP contribution in [0.4, 0.5) is 83.3 Å². The lowest BCUT2D eigenvalue weighted by Crippen LogP contribution is -2.56. The zero-order valence-corrected chi connectivity index (χ0v) is 67.5. The quantitative estimate of drug-likeness (QED) is 0.0263. The first kappa shape index (κ1) is 93.8. The number of rotatable bonds is 25. The molecule has 0 radical (unpaired) electrons. The van der Waals surface area contributed by atoms with Crippen molar-refractivity contribution < 1.29 is 99.9 Å². The number of pyridine rings is 6. The second-order valence-corrected chi connectivity index (χ2v) is 31.2. The molecule has 12 heterocycles. The molecule has 0 atom stereocenters. The minimum Gasteiger partial charge on any atom is -0.433 e. The Balaban J connectivity index is 0.000000192. The summed E-state index contributed by atoms with van der Waals surface area (Å²) < 4.78 is 209. The van der Waals surface area contributed by atoms with Gasteiger partial charge in [0.05, 0.1) is 48.8 Å². The fourth-order valence-corrected chi connectivity index (χ4v) is 15.9. The molecule has 0 spiro atoms. The van der Waals surface area contributed by atoms with Crippen molar-refractivity contribution in [3.63, 3.8) is 0 Å². The molecule has 5 amide bonds. The van der Waals surface area contributed by atoms with Gasteiger partial charge in [-0.1, -0.05) is 0 Å². The number of hydrogen-bond donors (Lipinski definition) is 5. The molecule has 6 saturated heterocycles. The number of aromatic nitrogens is 6. The van der Waals surface area contributed by atoms with E-state index in [9.17, 15) is 86.7 Å². The summed E-state index contributed by atoms with van der Waals surface area (Å²) in [6.45, 7) is 11.5. The third-order valence-corrected chi connectivity index (χ3v) is 22.6. The van der Waals surface area contributed by atoms with E-state index in [1.165, 1.54) is 9.80 Å². The lowest BCUT2D eigenvalue weighted by molar-refractivity contribution is -0.189. The van der Waals surface area contributed by atoms with Crippen molar-refractivity contribution in [2.24, 2.45) is 0 Å². The number of likely N-dealkylation sites (tertiary alicyclic amines) is 6. The number of amides is 5. The summed E-state index contributed by atoms with van der Waals surface area (Å²) in [5, 5.41) is 28.7. The summed E-state index contributed by atoms with van der Waals surface area (Å²) in [5.74, 6) is -10.1. The Labute approximate surface area is 691 Å². The number of halogens is 15. The van der Waals surface area contributed by atoms with Gasteiger partial charge in [-0.05, 0) is 119 Å². The predicted molar refractivity (Wildman–Crippen MR) is 418 cm³/mol. The predicted octanol–water partition coefficient (Wildman–Crippen LogP) is 10.0. The molecular formula is C79H99B2F15N18O7. The van der Waals surface area contributed by atoms with E-state index in [4.69, 9.17) is 0 Å². The number of hydrogen-bond acceptors (Lipinski definition) is 20. The largest absolute Gasteiger partial charge is 0.471 e. The lowest BCUT2D eigenvalue weighted by Gasteiger charge is -2.42. The van der Waals surface area contributed by atoms with E-state index in [1.54, 1.807) is 54.1 Å². The van der Waals surface area contributed by atoms with Crippen LogP contribution in [-0.4, -0.2) is 262 Å². The maximum absolute atomic E-state index is 15.9.